The van der Waals surface area contributed by atoms with Gasteiger partial charge in [-0.1, -0.05) is 6.92 Å². The molecule has 0 aromatic carbocycles. The van der Waals surface area contributed by atoms with Crippen LogP contribution in [0.2, 0.25) is 0 Å². The molecule has 0 amide bonds. The number of alkyl halides is 3. The molecule has 0 bridgehead atoms. The molecular weight excluding hydrogens is 211 g/mol. The van der Waals surface area contributed by atoms with Crippen LogP contribution in [-0.2, 0) is 0 Å². The first-order valence-corrected chi connectivity index (χ1v) is 6.18. The third kappa shape index (κ3) is 8.69. The van der Waals surface area contributed by atoms with Crippen LogP contribution in [0.25, 0.3) is 0 Å². The third-order valence-electron chi connectivity index (χ3n) is 1.94. The first-order valence-electron chi connectivity index (χ1n) is 4.78. The van der Waals surface area contributed by atoms with Gasteiger partial charge in [-0.15, -0.1) is 0 Å². The van der Waals surface area contributed by atoms with Crippen molar-refractivity contribution in [2.24, 2.45) is 0 Å². The summed E-state index contributed by atoms with van der Waals surface area (Å²) < 4.78 is 35.8. The van der Waals surface area contributed by atoms with Gasteiger partial charge in [0, 0.05) is 12.5 Å². The zero-order chi connectivity index (χ0) is 11.0. The van der Waals surface area contributed by atoms with Gasteiger partial charge in [-0.2, -0.15) is 24.9 Å². The molecule has 0 radical (unpaired) electrons. The minimum atomic E-state index is -4.02. The van der Waals surface area contributed by atoms with Crippen molar-refractivity contribution in [2.75, 3.05) is 18.6 Å². The number of thioether (sulfide) groups is 1. The van der Waals surface area contributed by atoms with Crippen LogP contribution in [0.1, 0.15) is 26.2 Å². The summed E-state index contributed by atoms with van der Waals surface area (Å²) in [4.78, 5) is 0. The van der Waals surface area contributed by atoms with Crippen molar-refractivity contribution >= 4 is 11.8 Å². The minimum Gasteiger partial charge on any atom is -0.314 e. The maximum absolute atomic E-state index is 11.9. The summed E-state index contributed by atoms with van der Waals surface area (Å²) in [7, 11) is 0. The maximum Gasteiger partial charge on any atom is 0.389 e. The van der Waals surface area contributed by atoms with Gasteiger partial charge in [-0.25, -0.2) is 0 Å². The molecule has 5 heteroatoms. The predicted molar refractivity (Wildman–Crippen MR) is 55.8 cm³/mol. The molecule has 0 aliphatic heterocycles. The molecule has 0 heterocycles. The Balaban J connectivity index is 3.72. The molecule has 0 aromatic heterocycles. The Morgan fingerprint density at radius 2 is 1.93 bits per heavy atom. The molecule has 14 heavy (non-hydrogen) atoms. The second-order valence-corrected chi connectivity index (χ2v) is 4.18. The number of hydrogen-bond donors (Lipinski definition) is 1. The number of nitrogens with one attached hydrogen (secondary N) is 1. The van der Waals surface area contributed by atoms with Crippen LogP contribution in [0.5, 0.6) is 0 Å². The Bertz CT molecular complexity index is 139. The molecule has 0 rings (SSSR count). The van der Waals surface area contributed by atoms with Crippen LogP contribution in [0, 0.1) is 0 Å². The standard InChI is InChI=1S/C9H18F3NS/c1-3-13-8(5-7-14-2)4-6-9(10,11)12/h8,13H,3-7H2,1-2H3. The molecule has 0 saturated carbocycles. The van der Waals surface area contributed by atoms with Crippen molar-refractivity contribution in [3.63, 3.8) is 0 Å². The topological polar surface area (TPSA) is 12.0 Å². The van der Waals surface area contributed by atoms with Crippen molar-refractivity contribution in [1.29, 1.82) is 0 Å². The summed E-state index contributed by atoms with van der Waals surface area (Å²) in [6.45, 7) is 2.65. The van der Waals surface area contributed by atoms with Crippen LogP contribution < -0.4 is 5.32 Å². The van der Waals surface area contributed by atoms with Crippen molar-refractivity contribution in [3.8, 4) is 0 Å². The van der Waals surface area contributed by atoms with E-state index >= 15 is 0 Å². The van der Waals surface area contributed by atoms with Gasteiger partial charge in [0.15, 0.2) is 0 Å². The van der Waals surface area contributed by atoms with Crippen molar-refractivity contribution in [2.45, 2.75) is 38.4 Å². The number of rotatable bonds is 7. The van der Waals surface area contributed by atoms with Gasteiger partial charge in [-0.3, -0.25) is 0 Å². The lowest BCUT2D eigenvalue weighted by atomic mass is 10.1. The molecule has 0 spiro atoms. The summed E-state index contributed by atoms with van der Waals surface area (Å²) in [5.41, 5.74) is 0. The summed E-state index contributed by atoms with van der Waals surface area (Å²) in [6, 6.07) is 0.00840. The molecule has 1 N–H and O–H groups in total. The third-order valence-corrected chi connectivity index (χ3v) is 2.58. The molecule has 1 atom stereocenters. The smallest absolute Gasteiger partial charge is 0.314 e. The average molecular weight is 229 g/mol. The summed E-state index contributed by atoms with van der Waals surface area (Å²) in [6.07, 6.45) is -1.73. The SMILES string of the molecule is CCNC(CCSC)CCC(F)(F)F. The van der Waals surface area contributed by atoms with E-state index < -0.39 is 12.6 Å². The lowest BCUT2D eigenvalue weighted by Gasteiger charge is -2.18. The maximum atomic E-state index is 11.9. The van der Waals surface area contributed by atoms with E-state index in [2.05, 4.69) is 5.32 Å². The van der Waals surface area contributed by atoms with Gasteiger partial charge in [0.1, 0.15) is 0 Å². The van der Waals surface area contributed by atoms with Crippen molar-refractivity contribution < 1.29 is 13.2 Å². The lowest BCUT2D eigenvalue weighted by Crippen LogP contribution is -2.30. The fraction of sp³-hybridized carbons (Fsp3) is 1.00. The molecule has 0 saturated heterocycles. The van der Waals surface area contributed by atoms with Gasteiger partial charge in [0.25, 0.3) is 0 Å². The Morgan fingerprint density at radius 1 is 1.29 bits per heavy atom. The Hall–Kier alpha value is 0.100. The number of halogens is 3. The lowest BCUT2D eigenvalue weighted by molar-refractivity contribution is -0.136. The zero-order valence-electron chi connectivity index (χ0n) is 8.66. The van der Waals surface area contributed by atoms with E-state index in [0.717, 1.165) is 18.7 Å². The van der Waals surface area contributed by atoms with E-state index in [1.54, 1.807) is 11.8 Å². The van der Waals surface area contributed by atoms with E-state index in [4.69, 9.17) is 0 Å². The van der Waals surface area contributed by atoms with Crippen molar-refractivity contribution in [3.05, 3.63) is 0 Å². The quantitative estimate of drug-likeness (QED) is 0.720. The molecule has 1 unspecified atom stereocenters. The highest BCUT2D eigenvalue weighted by Gasteiger charge is 2.27. The summed E-state index contributed by atoms with van der Waals surface area (Å²) >= 11 is 1.67. The first kappa shape index (κ1) is 14.1. The minimum absolute atomic E-state index is 0.00840. The second-order valence-electron chi connectivity index (χ2n) is 3.19. The molecule has 86 valence electrons. The van der Waals surface area contributed by atoms with Crippen LogP contribution in [-0.4, -0.2) is 30.8 Å². The highest BCUT2D eigenvalue weighted by molar-refractivity contribution is 7.98. The van der Waals surface area contributed by atoms with E-state index in [0.29, 0.717) is 0 Å². The predicted octanol–water partition coefficient (Wildman–Crippen LogP) is 3.06. The Kier molecular flexibility index (Phi) is 7.45. The van der Waals surface area contributed by atoms with Gasteiger partial charge in [0.05, 0.1) is 0 Å². The fourth-order valence-electron chi connectivity index (χ4n) is 1.24. The average Bonchev–Trinajstić information content (AvgIpc) is 2.08. The normalized spacial score (nSPS) is 14.4. The van der Waals surface area contributed by atoms with Gasteiger partial charge >= 0.3 is 6.18 Å². The fourth-order valence-corrected chi connectivity index (χ4v) is 1.76. The van der Waals surface area contributed by atoms with Crippen LogP contribution in [0.15, 0.2) is 0 Å². The monoisotopic (exact) mass is 229 g/mol. The molecule has 0 aliphatic rings. The molecule has 0 aromatic rings. The molecule has 0 fully saturated rings. The second kappa shape index (κ2) is 7.40. The van der Waals surface area contributed by atoms with E-state index in [1.165, 1.54) is 0 Å². The van der Waals surface area contributed by atoms with E-state index in [1.807, 2.05) is 13.2 Å². The van der Waals surface area contributed by atoms with Gasteiger partial charge in [0.2, 0.25) is 0 Å². The highest BCUT2D eigenvalue weighted by atomic mass is 32.2. The summed E-state index contributed by atoms with van der Waals surface area (Å²) in [5, 5.41) is 3.08. The highest BCUT2D eigenvalue weighted by Crippen LogP contribution is 2.23. The largest absolute Gasteiger partial charge is 0.389 e. The van der Waals surface area contributed by atoms with Crippen LogP contribution in [0.4, 0.5) is 13.2 Å². The van der Waals surface area contributed by atoms with Gasteiger partial charge in [-0.05, 0) is 31.4 Å². The molecule has 1 nitrogen and oxygen atoms in total. The van der Waals surface area contributed by atoms with E-state index in [-0.39, 0.29) is 12.5 Å². The van der Waals surface area contributed by atoms with Crippen LogP contribution >= 0.6 is 11.8 Å². The Morgan fingerprint density at radius 3 is 2.36 bits per heavy atom. The Labute approximate surface area is 87.8 Å². The molecule has 0 aliphatic carbocycles. The van der Waals surface area contributed by atoms with Crippen LogP contribution in [0.3, 0.4) is 0 Å². The zero-order valence-corrected chi connectivity index (χ0v) is 9.47. The van der Waals surface area contributed by atoms with Gasteiger partial charge < -0.3 is 5.32 Å². The van der Waals surface area contributed by atoms with E-state index in [9.17, 15) is 13.2 Å². The molecular formula is C9H18F3NS. The summed E-state index contributed by atoms with van der Waals surface area (Å²) in [5.74, 6) is 0.912. The number of hydrogen-bond acceptors (Lipinski definition) is 2. The first-order chi connectivity index (χ1) is 6.49. The van der Waals surface area contributed by atoms with Crippen molar-refractivity contribution in [1.82, 2.24) is 5.32 Å².